The molecule has 1 aliphatic rings. The summed E-state index contributed by atoms with van der Waals surface area (Å²) in [7, 11) is 0. The van der Waals surface area contributed by atoms with E-state index in [1.807, 2.05) is 6.92 Å². The third kappa shape index (κ3) is 6.75. The maximum absolute atomic E-state index is 12.3. The molecule has 0 aliphatic carbocycles. The number of halogens is 5. The van der Waals surface area contributed by atoms with Gasteiger partial charge in [-0.25, -0.2) is 0 Å². The molecule has 2 rings (SSSR count). The smallest absolute Gasteiger partial charge is 0.399 e. The van der Waals surface area contributed by atoms with Crippen LogP contribution in [0, 0.1) is 12.8 Å². The Balaban J connectivity index is 0.00000264. The number of nitrogen functional groups attached to an aromatic ring is 1. The summed E-state index contributed by atoms with van der Waals surface area (Å²) in [6.45, 7) is 2.08. The number of hydrogen-bond acceptors (Lipinski definition) is 3. The van der Waals surface area contributed by atoms with E-state index in [0.29, 0.717) is 37.3 Å². The van der Waals surface area contributed by atoms with Crippen molar-refractivity contribution in [1.29, 1.82) is 0 Å². The van der Waals surface area contributed by atoms with E-state index in [-0.39, 0.29) is 36.6 Å². The van der Waals surface area contributed by atoms with Crippen LogP contribution in [0.2, 0.25) is 0 Å². The number of carbonyl (C=O) groups excluding carboxylic acids is 1. The van der Waals surface area contributed by atoms with Gasteiger partial charge < -0.3 is 11.1 Å². The summed E-state index contributed by atoms with van der Waals surface area (Å²) in [6, 6.07) is 5.10. The fraction of sp³-hybridized carbons (Fsp3) is 0.533. The second-order valence-electron chi connectivity index (χ2n) is 5.79. The number of aryl methyl sites for hydroxylation is 1. The first-order valence-corrected chi connectivity index (χ1v) is 7.18. The van der Waals surface area contributed by atoms with Crippen molar-refractivity contribution in [3.8, 4) is 0 Å². The van der Waals surface area contributed by atoms with Crippen molar-refractivity contribution < 1.29 is 18.0 Å². The van der Waals surface area contributed by atoms with Crippen LogP contribution in [0.5, 0.6) is 0 Å². The van der Waals surface area contributed by atoms with Crippen LogP contribution in [0.4, 0.5) is 18.9 Å². The van der Waals surface area contributed by atoms with Crippen LogP contribution < -0.4 is 11.1 Å². The van der Waals surface area contributed by atoms with Gasteiger partial charge in [0.1, 0.15) is 0 Å². The SMILES string of the molecule is Cc1ccc(N)cc1C(=O)NCC1CCN(CC(F)(F)F)C1.Cl.Cl. The average Bonchev–Trinajstić information content (AvgIpc) is 2.84. The first-order valence-electron chi connectivity index (χ1n) is 7.18. The number of nitrogens with zero attached hydrogens (tertiary/aromatic N) is 1. The molecule has 0 aromatic heterocycles. The minimum atomic E-state index is -4.17. The third-order valence-electron chi connectivity index (χ3n) is 3.83. The van der Waals surface area contributed by atoms with E-state index >= 15 is 0 Å². The number of rotatable bonds is 4. The predicted octanol–water partition coefficient (Wildman–Crippen LogP) is 3.03. The molecule has 138 valence electrons. The molecular weight excluding hydrogens is 366 g/mol. The highest BCUT2D eigenvalue weighted by atomic mass is 35.5. The number of nitrogens with two attached hydrogens (primary N) is 1. The molecule has 1 aromatic rings. The van der Waals surface area contributed by atoms with Crippen molar-refractivity contribution >= 4 is 36.4 Å². The van der Waals surface area contributed by atoms with E-state index in [9.17, 15) is 18.0 Å². The lowest BCUT2D eigenvalue weighted by Crippen LogP contribution is -2.34. The van der Waals surface area contributed by atoms with Gasteiger partial charge in [-0.15, -0.1) is 24.8 Å². The van der Waals surface area contributed by atoms with Crippen LogP contribution in [-0.4, -0.2) is 43.2 Å². The molecule has 1 heterocycles. The first kappa shape index (κ1) is 22.8. The summed E-state index contributed by atoms with van der Waals surface area (Å²) in [5.74, 6) is -0.188. The fourth-order valence-electron chi connectivity index (χ4n) is 2.69. The Morgan fingerprint density at radius 2 is 2.04 bits per heavy atom. The minimum absolute atomic E-state index is 0. The summed E-state index contributed by atoms with van der Waals surface area (Å²) in [5.41, 5.74) is 7.50. The van der Waals surface area contributed by atoms with Crippen LogP contribution in [0.25, 0.3) is 0 Å². The molecule has 0 bridgehead atoms. The highest BCUT2D eigenvalue weighted by molar-refractivity contribution is 5.96. The summed E-state index contributed by atoms with van der Waals surface area (Å²) >= 11 is 0. The van der Waals surface area contributed by atoms with Gasteiger partial charge >= 0.3 is 6.18 Å². The van der Waals surface area contributed by atoms with Gasteiger partial charge in [0.25, 0.3) is 5.91 Å². The lowest BCUT2D eigenvalue weighted by molar-refractivity contribution is -0.143. The third-order valence-corrected chi connectivity index (χ3v) is 3.83. The quantitative estimate of drug-likeness (QED) is 0.780. The Bertz CT molecular complexity index is 555. The normalized spacial score (nSPS) is 17.8. The topological polar surface area (TPSA) is 58.4 Å². The highest BCUT2D eigenvalue weighted by Crippen LogP contribution is 2.22. The Kier molecular flexibility index (Phi) is 8.88. The lowest BCUT2D eigenvalue weighted by Gasteiger charge is -2.18. The molecule has 1 fully saturated rings. The van der Waals surface area contributed by atoms with Crippen molar-refractivity contribution in [3.05, 3.63) is 29.3 Å². The van der Waals surface area contributed by atoms with Gasteiger partial charge in [0.15, 0.2) is 0 Å². The fourth-order valence-corrected chi connectivity index (χ4v) is 2.69. The van der Waals surface area contributed by atoms with Crippen molar-refractivity contribution in [2.45, 2.75) is 19.5 Å². The summed E-state index contributed by atoms with van der Waals surface area (Å²) in [4.78, 5) is 13.5. The summed E-state index contributed by atoms with van der Waals surface area (Å²) in [5, 5.41) is 2.79. The number of anilines is 1. The Morgan fingerprint density at radius 3 is 2.67 bits per heavy atom. The van der Waals surface area contributed by atoms with Crippen LogP contribution in [0.1, 0.15) is 22.3 Å². The second-order valence-corrected chi connectivity index (χ2v) is 5.79. The maximum Gasteiger partial charge on any atom is 0.401 e. The Hall–Kier alpha value is -1.18. The molecule has 3 N–H and O–H groups in total. The first-order chi connectivity index (χ1) is 10.2. The number of nitrogens with one attached hydrogen (secondary N) is 1. The van der Waals surface area contributed by atoms with Crippen molar-refractivity contribution in [2.24, 2.45) is 5.92 Å². The average molecular weight is 388 g/mol. The highest BCUT2D eigenvalue weighted by Gasteiger charge is 2.34. The molecule has 24 heavy (non-hydrogen) atoms. The van der Waals surface area contributed by atoms with Crippen molar-refractivity contribution in [1.82, 2.24) is 10.2 Å². The molecule has 1 saturated heterocycles. The molecule has 1 amide bonds. The van der Waals surface area contributed by atoms with Crippen LogP contribution in [-0.2, 0) is 0 Å². The molecule has 1 aliphatic heterocycles. The lowest BCUT2D eigenvalue weighted by atomic mass is 10.1. The monoisotopic (exact) mass is 387 g/mol. The number of alkyl halides is 3. The number of hydrogen-bond donors (Lipinski definition) is 2. The summed E-state index contributed by atoms with van der Waals surface area (Å²) < 4.78 is 37.0. The number of carbonyl (C=O) groups is 1. The summed E-state index contributed by atoms with van der Waals surface area (Å²) in [6.07, 6.45) is -3.51. The van der Waals surface area contributed by atoms with Crippen molar-refractivity contribution in [3.63, 3.8) is 0 Å². The van der Waals surface area contributed by atoms with Crippen LogP contribution in [0.15, 0.2) is 18.2 Å². The standard InChI is InChI=1S/C15H20F3N3O.2ClH/c1-10-2-3-12(19)6-13(10)14(22)20-7-11-4-5-21(8-11)9-15(16,17)18;;/h2-3,6,11H,4-5,7-9,19H2,1H3,(H,20,22);2*1H. The van der Waals surface area contributed by atoms with Crippen molar-refractivity contribution in [2.75, 3.05) is 31.9 Å². The minimum Gasteiger partial charge on any atom is -0.399 e. The zero-order valence-corrected chi connectivity index (χ0v) is 14.9. The van der Waals surface area contributed by atoms with Gasteiger partial charge in [-0.2, -0.15) is 13.2 Å². The largest absolute Gasteiger partial charge is 0.401 e. The maximum atomic E-state index is 12.3. The molecule has 0 saturated carbocycles. The zero-order chi connectivity index (χ0) is 16.3. The van der Waals surface area contributed by atoms with E-state index in [2.05, 4.69) is 5.32 Å². The van der Waals surface area contributed by atoms with E-state index in [1.165, 1.54) is 4.90 Å². The molecule has 1 atom stereocenters. The van der Waals surface area contributed by atoms with Crippen LogP contribution in [0.3, 0.4) is 0 Å². The van der Waals surface area contributed by atoms with Gasteiger partial charge in [0, 0.05) is 24.3 Å². The molecule has 9 heteroatoms. The van der Waals surface area contributed by atoms with E-state index in [0.717, 1.165) is 5.56 Å². The van der Waals surface area contributed by atoms with Gasteiger partial charge in [0.05, 0.1) is 6.54 Å². The van der Waals surface area contributed by atoms with E-state index < -0.39 is 12.7 Å². The van der Waals surface area contributed by atoms with Gasteiger partial charge in [-0.1, -0.05) is 6.07 Å². The zero-order valence-electron chi connectivity index (χ0n) is 13.2. The van der Waals surface area contributed by atoms with E-state index in [4.69, 9.17) is 5.73 Å². The number of amides is 1. The molecular formula is C15H22Cl2F3N3O. The predicted molar refractivity (Wildman–Crippen MR) is 93.0 cm³/mol. The van der Waals surface area contributed by atoms with Crippen LogP contribution >= 0.6 is 24.8 Å². The molecule has 0 spiro atoms. The number of likely N-dealkylation sites (tertiary alicyclic amines) is 1. The Labute approximate surface area is 151 Å². The molecule has 1 aromatic carbocycles. The Morgan fingerprint density at radius 1 is 1.38 bits per heavy atom. The van der Waals surface area contributed by atoms with Gasteiger partial charge in [0.2, 0.25) is 0 Å². The molecule has 1 unspecified atom stereocenters. The number of benzene rings is 1. The van der Waals surface area contributed by atoms with Gasteiger partial charge in [-0.3, -0.25) is 9.69 Å². The van der Waals surface area contributed by atoms with Gasteiger partial charge in [-0.05, 0) is 43.5 Å². The van der Waals surface area contributed by atoms with E-state index in [1.54, 1.807) is 18.2 Å². The second kappa shape index (κ2) is 9.34. The molecule has 4 nitrogen and oxygen atoms in total. The molecule has 0 radical (unpaired) electrons.